The van der Waals surface area contributed by atoms with Gasteiger partial charge in [0, 0.05) is 6.54 Å². The normalized spacial score (nSPS) is 11.8. The Hall–Kier alpha value is -3.84. The van der Waals surface area contributed by atoms with Crippen LogP contribution in [-0.2, 0) is 11.2 Å². The molecule has 2 aromatic heterocycles. The molecule has 2 aromatic carbocycles. The molecule has 0 saturated heterocycles. The highest BCUT2D eigenvalue weighted by molar-refractivity contribution is 5.94. The molecule has 162 valence electrons. The van der Waals surface area contributed by atoms with Crippen molar-refractivity contribution in [3.8, 4) is 5.69 Å². The number of hydrogen-bond acceptors (Lipinski definition) is 5. The minimum Gasteiger partial charge on any atom is -0.309 e. The number of rotatable bonds is 8. The number of anilines is 1. The Bertz CT molecular complexity index is 1150. The summed E-state index contributed by atoms with van der Waals surface area (Å²) in [7, 11) is 0. The molecule has 0 radical (unpaired) electrons. The van der Waals surface area contributed by atoms with Gasteiger partial charge >= 0.3 is 0 Å². The molecule has 0 aliphatic carbocycles. The Morgan fingerprint density at radius 2 is 1.78 bits per heavy atom. The van der Waals surface area contributed by atoms with E-state index in [4.69, 9.17) is 0 Å². The molecule has 7 nitrogen and oxygen atoms in total. The van der Waals surface area contributed by atoms with Gasteiger partial charge in [-0.05, 0) is 43.5 Å². The number of aryl methyl sites for hydroxylation is 2. The van der Waals surface area contributed by atoms with Gasteiger partial charge in [-0.2, -0.15) is 0 Å². The zero-order valence-corrected chi connectivity index (χ0v) is 18.2. The lowest BCUT2D eigenvalue weighted by atomic mass is 10.1. The van der Waals surface area contributed by atoms with Gasteiger partial charge in [-0.1, -0.05) is 65.4 Å². The summed E-state index contributed by atoms with van der Waals surface area (Å²) in [6, 6.07) is 21.3. The molecule has 0 aliphatic heterocycles. The Morgan fingerprint density at radius 3 is 2.44 bits per heavy atom. The summed E-state index contributed by atoms with van der Waals surface area (Å²) < 4.78 is 1.65. The smallest absolute Gasteiger partial charge is 0.247 e. The van der Waals surface area contributed by atoms with Crippen LogP contribution in [0.2, 0.25) is 0 Å². The summed E-state index contributed by atoms with van der Waals surface area (Å²) in [6.07, 6.45) is 4.31. The highest BCUT2D eigenvalue weighted by Gasteiger charge is 2.20. The zero-order valence-electron chi connectivity index (χ0n) is 18.2. The average molecular weight is 427 g/mol. The van der Waals surface area contributed by atoms with E-state index in [0.29, 0.717) is 12.4 Å². The molecular weight excluding hydrogens is 400 g/mol. The van der Waals surface area contributed by atoms with E-state index in [-0.39, 0.29) is 5.91 Å². The Labute approximate surface area is 187 Å². The second-order valence-corrected chi connectivity index (χ2v) is 7.73. The van der Waals surface area contributed by atoms with Crippen LogP contribution in [0.1, 0.15) is 28.4 Å². The van der Waals surface area contributed by atoms with E-state index in [1.165, 1.54) is 11.1 Å². The number of carbonyl (C=O) groups is 1. The van der Waals surface area contributed by atoms with Gasteiger partial charge in [0.25, 0.3) is 0 Å². The SMILES string of the molecule is Cc1ccc(CCN[C@@H](C(=O)Nc2ccc(-n3cc(C)nn3)cn2)c2ccccc2)cc1. The lowest BCUT2D eigenvalue weighted by Gasteiger charge is -2.19. The summed E-state index contributed by atoms with van der Waals surface area (Å²) >= 11 is 0. The number of hydrogen-bond donors (Lipinski definition) is 2. The van der Waals surface area contributed by atoms with Crippen LogP contribution in [0.25, 0.3) is 5.69 Å². The number of nitrogens with zero attached hydrogens (tertiary/aromatic N) is 4. The molecular formula is C25H26N6O. The van der Waals surface area contributed by atoms with Gasteiger partial charge in [0.2, 0.25) is 5.91 Å². The van der Waals surface area contributed by atoms with Gasteiger partial charge in [-0.25, -0.2) is 9.67 Å². The van der Waals surface area contributed by atoms with E-state index in [2.05, 4.69) is 57.1 Å². The number of amides is 1. The van der Waals surface area contributed by atoms with Crippen molar-refractivity contribution in [3.63, 3.8) is 0 Å². The molecule has 2 heterocycles. The maximum atomic E-state index is 13.1. The third-order valence-corrected chi connectivity index (χ3v) is 5.15. The lowest BCUT2D eigenvalue weighted by Crippen LogP contribution is -2.34. The van der Waals surface area contributed by atoms with Gasteiger partial charge < -0.3 is 10.6 Å². The average Bonchev–Trinajstić information content (AvgIpc) is 3.25. The van der Waals surface area contributed by atoms with Crippen molar-refractivity contribution in [2.45, 2.75) is 26.3 Å². The minimum atomic E-state index is -0.485. The summed E-state index contributed by atoms with van der Waals surface area (Å²) in [4.78, 5) is 17.5. The van der Waals surface area contributed by atoms with Crippen molar-refractivity contribution in [2.75, 3.05) is 11.9 Å². The molecule has 2 N–H and O–H groups in total. The van der Waals surface area contributed by atoms with Crippen LogP contribution in [0, 0.1) is 13.8 Å². The second kappa shape index (κ2) is 9.98. The summed E-state index contributed by atoms with van der Waals surface area (Å²) in [5.74, 6) is 0.328. The van der Waals surface area contributed by atoms with Crippen LogP contribution in [-0.4, -0.2) is 32.4 Å². The highest BCUT2D eigenvalue weighted by atomic mass is 16.2. The molecule has 0 bridgehead atoms. The molecule has 0 aliphatic rings. The van der Waals surface area contributed by atoms with Crippen molar-refractivity contribution in [1.29, 1.82) is 0 Å². The number of carbonyl (C=O) groups excluding carboxylic acids is 1. The third-order valence-electron chi connectivity index (χ3n) is 5.15. The summed E-state index contributed by atoms with van der Waals surface area (Å²) in [5.41, 5.74) is 4.98. The van der Waals surface area contributed by atoms with Crippen LogP contribution >= 0.6 is 0 Å². The van der Waals surface area contributed by atoms with Gasteiger partial charge in [-0.3, -0.25) is 4.79 Å². The molecule has 0 fully saturated rings. The van der Waals surface area contributed by atoms with Gasteiger partial charge in [-0.15, -0.1) is 5.10 Å². The molecule has 1 atom stereocenters. The number of aromatic nitrogens is 4. The van der Waals surface area contributed by atoms with Crippen LogP contribution in [0.15, 0.2) is 79.1 Å². The van der Waals surface area contributed by atoms with E-state index in [0.717, 1.165) is 23.4 Å². The fraction of sp³-hybridized carbons (Fsp3) is 0.200. The van der Waals surface area contributed by atoms with Crippen molar-refractivity contribution in [1.82, 2.24) is 25.3 Å². The van der Waals surface area contributed by atoms with E-state index < -0.39 is 6.04 Å². The number of pyridine rings is 1. The largest absolute Gasteiger partial charge is 0.309 e. The molecule has 32 heavy (non-hydrogen) atoms. The van der Waals surface area contributed by atoms with Crippen molar-refractivity contribution in [2.24, 2.45) is 0 Å². The predicted molar refractivity (Wildman–Crippen MR) is 125 cm³/mol. The van der Waals surface area contributed by atoms with Crippen molar-refractivity contribution in [3.05, 3.63) is 102 Å². The zero-order chi connectivity index (χ0) is 22.3. The molecule has 1 amide bonds. The third kappa shape index (κ3) is 5.44. The van der Waals surface area contributed by atoms with Crippen molar-refractivity contribution >= 4 is 11.7 Å². The van der Waals surface area contributed by atoms with E-state index in [1.54, 1.807) is 16.9 Å². The Kier molecular flexibility index (Phi) is 6.67. The standard InChI is InChI=1S/C25H26N6O/c1-18-8-10-20(11-9-18)14-15-26-24(21-6-4-3-5-7-21)25(32)28-23-13-12-22(16-27-23)31-17-19(2)29-30-31/h3-13,16-17,24,26H,14-15H2,1-2H3,(H,27,28,32)/t24-/m1/s1. The van der Waals surface area contributed by atoms with Gasteiger partial charge in [0.1, 0.15) is 11.9 Å². The van der Waals surface area contributed by atoms with Gasteiger partial charge in [0.05, 0.1) is 23.8 Å². The summed E-state index contributed by atoms with van der Waals surface area (Å²) in [5, 5.41) is 14.3. The van der Waals surface area contributed by atoms with Crippen molar-refractivity contribution < 1.29 is 4.79 Å². The first-order valence-electron chi connectivity index (χ1n) is 10.6. The van der Waals surface area contributed by atoms with Crippen LogP contribution < -0.4 is 10.6 Å². The fourth-order valence-electron chi connectivity index (χ4n) is 3.39. The van der Waals surface area contributed by atoms with E-state index in [1.807, 2.05) is 49.5 Å². The van der Waals surface area contributed by atoms with Crippen LogP contribution in [0.3, 0.4) is 0 Å². The van der Waals surface area contributed by atoms with E-state index in [9.17, 15) is 4.79 Å². The second-order valence-electron chi connectivity index (χ2n) is 7.73. The molecule has 7 heteroatoms. The fourth-order valence-corrected chi connectivity index (χ4v) is 3.39. The monoisotopic (exact) mass is 426 g/mol. The Balaban J connectivity index is 1.43. The summed E-state index contributed by atoms with van der Waals surface area (Å²) in [6.45, 7) is 4.63. The number of nitrogens with one attached hydrogen (secondary N) is 2. The van der Waals surface area contributed by atoms with Gasteiger partial charge in [0.15, 0.2) is 0 Å². The lowest BCUT2D eigenvalue weighted by molar-refractivity contribution is -0.118. The molecule has 0 unspecified atom stereocenters. The molecule has 4 aromatic rings. The topological polar surface area (TPSA) is 84.7 Å². The van der Waals surface area contributed by atoms with Crippen LogP contribution in [0.4, 0.5) is 5.82 Å². The van der Waals surface area contributed by atoms with E-state index >= 15 is 0 Å². The Morgan fingerprint density at radius 1 is 1.00 bits per heavy atom. The molecule has 0 spiro atoms. The van der Waals surface area contributed by atoms with Crippen LogP contribution in [0.5, 0.6) is 0 Å². The first kappa shape index (κ1) is 21.4. The first-order valence-corrected chi connectivity index (χ1v) is 10.6. The highest BCUT2D eigenvalue weighted by Crippen LogP contribution is 2.16. The number of benzene rings is 2. The first-order chi connectivity index (χ1) is 15.6. The molecule has 0 saturated carbocycles. The maximum absolute atomic E-state index is 13.1. The predicted octanol–water partition coefficient (Wildman–Crippen LogP) is 3.79. The minimum absolute atomic E-state index is 0.156. The molecule has 4 rings (SSSR count). The maximum Gasteiger partial charge on any atom is 0.247 e. The quantitative estimate of drug-likeness (QED) is 0.448.